The zero-order chi connectivity index (χ0) is 10.1. The summed E-state index contributed by atoms with van der Waals surface area (Å²) in [6, 6.07) is 10.3. The number of ether oxygens (including phenoxy) is 2. The van der Waals surface area contributed by atoms with E-state index in [4.69, 9.17) is 0 Å². The van der Waals surface area contributed by atoms with Crippen LogP contribution in [0.3, 0.4) is 0 Å². The molecule has 0 aliphatic rings. The Bertz CT molecular complexity index is 193. The molecule has 0 bridgehead atoms. The Balaban J connectivity index is 0.000000226. The topological polar surface area (TPSA) is 18.5 Å². The molecule has 0 saturated heterocycles. The highest BCUT2D eigenvalue weighted by molar-refractivity contribution is 5.11. The molecule has 1 rings (SSSR count). The van der Waals surface area contributed by atoms with Crippen molar-refractivity contribution in [3.05, 3.63) is 35.9 Å². The van der Waals surface area contributed by atoms with Crippen molar-refractivity contribution in [2.24, 2.45) is 0 Å². The first-order chi connectivity index (χ1) is 6.20. The van der Waals surface area contributed by atoms with E-state index in [9.17, 15) is 0 Å². The Kier molecular flexibility index (Phi) is 7.26. The molecule has 2 heteroatoms. The molecule has 2 nitrogen and oxygen atoms in total. The molecule has 0 aliphatic carbocycles. The van der Waals surface area contributed by atoms with Gasteiger partial charge in [0.05, 0.1) is 0 Å². The maximum absolute atomic E-state index is 4.68. The molecule has 13 heavy (non-hydrogen) atoms. The third-order valence-corrected chi connectivity index (χ3v) is 1.60. The molecule has 74 valence electrons. The van der Waals surface area contributed by atoms with E-state index in [1.165, 1.54) is 5.56 Å². The molecule has 1 aromatic rings. The molecule has 0 unspecified atom stereocenters. The van der Waals surface area contributed by atoms with Crippen LogP contribution >= 0.6 is 0 Å². The fraction of sp³-hybridized carbons (Fsp3) is 0.455. The van der Waals surface area contributed by atoms with Crippen LogP contribution in [0.2, 0.25) is 0 Å². The standard InChI is InChI=1S/C7H8.C4H10O2/c1-7-5-3-2-4-6-7;1-4(5-2)6-3/h2-6H,1H3;4H,1-3H3. The van der Waals surface area contributed by atoms with Crippen LogP contribution in [0.15, 0.2) is 30.3 Å². The van der Waals surface area contributed by atoms with E-state index < -0.39 is 0 Å². The summed E-state index contributed by atoms with van der Waals surface area (Å²) in [5.41, 5.74) is 1.32. The lowest BCUT2D eigenvalue weighted by Gasteiger charge is -2.03. The predicted octanol–water partition coefficient (Wildman–Crippen LogP) is 2.62. The zero-order valence-corrected chi connectivity index (χ0v) is 8.78. The van der Waals surface area contributed by atoms with Gasteiger partial charge in [0.15, 0.2) is 6.29 Å². The Morgan fingerprint density at radius 1 is 1.00 bits per heavy atom. The molecule has 0 amide bonds. The largest absolute Gasteiger partial charge is 0.356 e. The molecule has 0 heterocycles. The fourth-order valence-corrected chi connectivity index (χ4v) is 0.631. The van der Waals surface area contributed by atoms with Gasteiger partial charge in [0.2, 0.25) is 0 Å². The molecule has 0 fully saturated rings. The second-order valence-corrected chi connectivity index (χ2v) is 2.69. The summed E-state index contributed by atoms with van der Waals surface area (Å²) in [5, 5.41) is 0. The van der Waals surface area contributed by atoms with Crippen LogP contribution in [0.4, 0.5) is 0 Å². The molecule has 0 N–H and O–H groups in total. The van der Waals surface area contributed by atoms with Gasteiger partial charge in [-0.1, -0.05) is 35.9 Å². The average Bonchev–Trinajstić information content (AvgIpc) is 2.19. The summed E-state index contributed by atoms with van der Waals surface area (Å²) < 4.78 is 9.35. The van der Waals surface area contributed by atoms with E-state index in [-0.39, 0.29) is 6.29 Å². The summed E-state index contributed by atoms with van der Waals surface area (Å²) in [6.07, 6.45) is -0.0648. The van der Waals surface area contributed by atoms with Gasteiger partial charge in [-0.3, -0.25) is 0 Å². The van der Waals surface area contributed by atoms with Gasteiger partial charge in [0, 0.05) is 14.2 Å². The molecule has 0 atom stereocenters. The highest BCUT2D eigenvalue weighted by Crippen LogP contribution is 1.92. The van der Waals surface area contributed by atoms with Gasteiger partial charge in [-0.2, -0.15) is 0 Å². The number of aryl methyl sites for hydroxylation is 1. The van der Waals surface area contributed by atoms with Crippen LogP contribution in [0, 0.1) is 6.92 Å². The minimum atomic E-state index is -0.0648. The summed E-state index contributed by atoms with van der Waals surface area (Å²) in [4.78, 5) is 0. The first-order valence-electron chi connectivity index (χ1n) is 4.28. The van der Waals surface area contributed by atoms with Gasteiger partial charge in [-0.15, -0.1) is 0 Å². The second kappa shape index (κ2) is 7.77. The van der Waals surface area contributed by atoms with Gasteiger partial charge >= 0.3 is 0 Å². The van der Waals surface area contributed by atoms with E-state index in [2.05, 4.69) is 28.5 Å². The van der Waals surface area contributed by atoms with Gasteiger partial charge in [-0.25, -0.2) is 0 Å². The summed E-state index contributed by atoms with van der Waals surface area (Å²) in [5.74, 6) is 0. The lowest BCUT2D eigenvalue weighted by molar-refractivity contribution is -0.0877. The third kappa shape index (κ3) is 7.50. The van der Waals surface area contributed by atoms with Crippen molar-refractivity contribution in [3.8, 4) is 0 Å². The molecular formula is C11H18O2. The van der Waals surface area contributed by atoms with Gasteiger partial charge in [0.25, 0.3) is 0 Å². The summed E-state index contributed by atoms with van der Waals surface area (Å²) in [6.45, 7) is 3.92. The van der Waals surface area contributed by atoms with Crippen molar-refractivity contribution in [1.82, 2.24) is 0 Å². The van der Waals surface area contributed by atoms with E-state index in [1.807, 2.05) is 25.1 Å². The van der Waals surface area contributed by atoms with E-state index in [1.54, 1.807) is 14.2 Å². The normalized spacial score (nSPS) is 9.31. The van der Waals surface area contributed by atoms with Crippen molar-refractivity contribution in [2.75, 3.05) is 14.2 Å². The highest BCUT2D eigenvalue weighted by Gasteiger charge is 1.87. The minimum Gasteiger partial charge on any atom is -0.356 e. The van der Waals surface area contributed by atoms with Crippen molar-refractivity contribution >= 4 is 0 Å². The molecule has 0 aromatic heterocycles. The van der Waals surface area contributed by atoms with Crippen LogP contribution in [-0.4, -0.2) is 20.5 Å². The highest BCUT2D eigenvalue weighted by atomic mass is 16.7. The fourth-order valence-electron chi connectivity index (χ4n) is 0.631. The third-order valence-electron chi connectivity index (χ3n) is 1.60. The van der Waals surface area contributed by atoms with Crippen LogP contribution < -0.4 is 0 Å². The lowest BCUT2D eigenvalue weighted by atomic mass is 10.2. The van der Waals surface area contributed by atoms with Crippen molar-refractivity contribution in [2.45, 2.75) is 20.1 Å². The van der Waals surface area contributed by atoms with Crippen molar-refractivity contribution < 1.29 is 9.47 Å². The van der Waals surface area contributed by atoms with Crippen molar-refractivity contribution in [1.29, 1.82) is 0 Å². The van der Waals surface area contributed by atoms with Crippen LogP contribution in [0.1, 0.15) is 12.5 Å². The van der Waals surface area contributed by atoms with E-state index in [0.717, 1.165) is 0 Å². The Morgan fingerprint density at radius 2 is 1.46 bits per heavy atom. The maximum atomic E-state index is 4.68. The van der Waals surface area contributed by atoms with Gasteiger partial charge in [-0.05, 0) is 13.8 Å². The second-order valence-electron chi connectivity index (χ2n) is 2.69. The number of hydrogen-bond acceptors (Lipinski definition) is 2. The SMILES string of the molecule is COC(C)OC.Cc1ccccc1. The molecule has 0 saturated carbocycles. The Hall–Kier alpha value is -0.860. The van der Waals surface area contributed by atoms with Crippen LogP contribution in [0.25, 0.3) is 0 Å². The summed E-state index contributed by atoms with van der Waals surface area (Å²) in [7, 11) is 3.21. The van der Waals surface area contributed by atoms with Gasteiger partial charge in [0.1, 0.15) is 0 Å². The quantitative estimate of drug-likeness (QED) is 0.654. The smallest absolute Gasteiger partial charge is 0.154 e. The maximum Gasteiger partial charge on any atom is 0.154 e. The number of methoxy groups -OCH3 is 2. The number of rotatable bonds is 2. The average molecular weight is 182 g/mol. The molecule has 1 aromatic carbocycles. The van der Waals surface area contributed by atoms with E-state index >= 15 is 0 Å². The first kappa shape index (κ1) is 12.1. The number of hydrogen-bond donors (Lipinski definition) is 0. The zero-order valence-electron chi connectivity index (χ0n) is 8.78. The Morgan fingerprint density at radius 3 is 1.62 bits per heavy atom. The van der Waals surface area contributed by atoms with Crippen molar-refractivity contribution in [3.63, 3.8) is 0 Å². The number of benzene rings is 1. The van der Waals surface area contributed by atoms with Crippen LogP contribution in [-0.2, 0) is 9.47 Å². The lowest BCUT2D eigenvalue weighted by Crippen LogP contribution is -2.05. The molecule has 0 radical (unpaired) electrons. The van der Waals surface area contributed by atoms with E-state index in [0.29, 0.717) is 0 Å². The first-order valence-corrected chi connectivity index (χ1v) is 4.28. The Labute approximate surface area is 80.5 Å². The minimum absolute atomic E-state index is 0.0648. The predicted molar refractivity (Wildman–Crippen MR) is 54.7 cm³/mol. The molecular weight excluding hydrogens is 164 g/mol. The van der Waals surface area contributed by atoms with Gasteiger partial charge < -0.3 is 9.47 Å². The molecule has 0 aliphatic heterocycles. The summed E-state index contributed by atoms with van der Waals surface area (Å²) >= 11 is 0. The molecule has 0 spiro atoms. The monoisotopic (exact) mass is 182 g/mol. The van der Waals surface area contributed by atoms with Crippen LogP contribution in [0.5, 0.6) is 0 Å².